The minimum absolute atomic E-state index is 0.0412. The Balaban J connectivity index is 2.32. The summed E-state index contributed by atoms with van der Waals surface area (Å²) in [6, 6.07) is 7.15. The van der Waals surface area contributed by atoms with Gasteiger partial charge < -0.3 is 15.8 Å². The van der Waals surface area contributed by atoms with E-state index in [9.17, 15) is 4.79 Å². The summed E-state index contributed by atoms with van der Waals surface area (Å²) in [5.74, 6) is -0.0412. The fraction of sp³-hybridized carbons (Fsp3) is 0.462. The summed E-state index contributed by atoms with van der Waals surface area (Å²) >= 11 is 0. The normalized spacial score (nSPS) is 10.6. The molecule has 0 atom stereocenters. The van der Waals surface area contributed by atoms with Crippen molar-refractivity contribution in [3.8, 4) is 0 Å². The first-order valence-corrected chi connectivity index (χ1v) is 5.94. The number of rotatable bonds is 7. The number of carbonyl (C=O) groups excluding carboxylic acids is 1. The number of ether oxygens (including phenoxy) is 1. The van der Waals surface area contributed by atoms with Gasteiger partial charge in [0.25, 0.3) is 0 Å². The third kappa shape index (κ3) is 5.65. The number of nitrogens with zero attached hydrogens (tertiary/aromatic N) is 1. The van der Waals surface area contributed by atoms with Crippen molar-refractivity contribution in [2.45, 2.75) is 6.42 Å². The van der Waals surface area contributed by atoms with Crippen LogP contribution in [-0.4, -0.2) is 44.7 Å². The highest BCUT2D eigenvalue weighted by atomic mass is 16.5. The second kappa shape index (κ2) is 7.68. The maximum atomic E-state index is 11.7. The van der Waals surface area contributed by atoms with Crippen molar-refractivity contribution in [1.82, 2.24) is 4.90 Å². The molecule has 3 N–H and O–H groups in total. The minimum Gasteiger partial charge on any atom is -0.399 e. The second-order valence-electron chi connectivity index (χ2n) is 4.26. The molecule has 1 aromatic carbocycles. The number of hydrogen-bond acceptors (Lipinski definition) is 4. The number of carbonyl (C=O) groups is 1. The first-order chi connectivity index (χ1) is 8.61. The monoisotopic (exact) mass is 251 g/mol. The summed E-state index contributed by atoms with van der Waals surface area (Å²) in [5.41, 5.74) is 7.01. The zero-order valence-electron chi connectivity index (χ0n) is 11.0. The highest BCUT2D eigenvalue weighted by Crippen LogP contribution is 2.11. The molecule has 0 aromatic heterocycles. The molecule has 5 heteroatoms. The maximum absolute atomic E-state index is 11.7. The van der Waals surface area contributed by atoms with Gasteiger partial charge in [-0.25, -0.2) is 0 Å². The summed E-state index contributed by atoms with van der Waals surface area (Å²) in [4.78, 5) is 13.7. The number of likely N-dealkylation sites (N-methyl/N-ethyl adjacent to an activating group) is 1. The molecule has 0 unspecified atom stereocenters. The number of amides is 1. The van der Waals surface area contributed by atoms with Gasteiger partial charge in [-0.2, -0.15) is 0 Å². The molecule has 0 bridgehead atoms. The van der Waals surface area contributed by atoms with Crippen LogP contribution in [-0.2, 0) is 9.53 Å². The first-order valence-electron chi connectivity index (χ1n) is 5.94. The molecule has 0 aliphatic rings. The van der Waals surface area contributed by atoms with Crippen LogP contribution < -0.4 is 11.1 Å². The lowest BCUT2D eigenvalue weighted by Crippen LogP contribution is -2.31. The van der Waals surface area contributed by atoms with E-state index in [0.29, 0.717) is 18.8 Å². The third-order valence-electron chi connectivity index (χ3n) is 2.47. The van der Waals surface area contributed by atoms with Gasteiger partial charge in [0.1, 0.15) is 0 Å². The van der Waals surface area contributed by atoms with Crippen LogP contribution in [0.4, 0.5) is 11.4 Å². The third-order valence-corrected chi connectivity index (χ3v) is 2.47. The molecule has 100 valence electrons. The molecule has 0 heterocycles. The average molecular weight is 251 g/mol. The molecule has 0 saturated heterocycles. The Morgan fingerprint density at radius 3 is 2.94 bits per heavy atom. The lowest BCUT2D eigenvalue weighted by molar-refractivity contribution is -0.117. The molecule has 1 rings (SSSR count). The predicted octanol–water partition coefficient (Wildman–Crippen LogP) is 1.18. The number of methoxy groups -OCH3 is 1. The summed E-state index contributed by atoms with van der Waals surface area (Å²) in [5, 5.41) is 2.81. The van der Waals surface area contributed by atoms with Crippen molar-refractivity contribution in [2.75, 3.05) is 44.9 Å². The number of nitrogens with two attached hydrogens (primary N) is 1. The van der Waals surface area contributed by atoms with Crippen LogP contribution in [0.25, 0.3) is 0 Å². The van der Waals surface area contributed by atoms with Gasteiger partial charge >= 0.3 is 0 Å². The van der Waals surface area contributed by atoms with Gasteiger partial charge in [-0.3, -0.25) is 9.69 Å². The second-order valence-corrected chi connectivity index (χ2v) is 4.26. The SMILES string of the molecule is COCCCN(C)CC(=O)Nc1cccc(N)c1. The van der Waals surface area contributed by atoms with Crippen LogP contribution in [0.2, 0.25) is 0 Å². The van der Waals surface area contributed by atoms with E-state index in [-0.39, 0.29) is 5.91 Å². The molecule has 0 saturated carbocycles. The Bertz CT molecular complexity index is 382. The van der Waals surface area contributed by atoms with Crippen molar-refractivity contribution < 1.29 is 9.53 Å². The molecular weight excluding hydrogens is 230 g/mol. The van der Waals surface area contributed by atoms with Crippen molar-refractivity contribution >= 4 is 17.3 Å². The van der Waals surface area contributed by atoms with E-state index in [1.165, 1.54) is 0 Å². The van der Waals surface area contributed by atoms with E-state index >= 15 is 0 Å². The van der Waals surface area contributed by atoms with Crippen molar-refractivity contribution in [2.24, 2.45) is 0 Å². The summed E-state index contributed by atoms with van der Waals surface area (Å²) in [7, 11) is 3.58. The van der Waals surface area contributed by atoms with Gasteiger partial charge in [0, 0.05) is 31.6 Å². The molecule has 18 heavy (non-hydrogen) atoms. The lowest BCUT2D eigenvalue weighted by Gasteiger charge is -2.15. The van der Waals surface area contributed by atoms with E-state index < -0.39 is 0 Å². The number of anilines is 2. The average Bonchev–Trinajstić information content (AvgIpc) is 2.29. The van der Waals surface area contributed by atoms with Gasteiger partial charge in [-0.15, -0.1) is 0 Å². The van der Waals surface area contributed by atoms with Crippen molar-refractivity contribution in [1.29, 1.82) is 0 Å². The van der Waals surface area contributed by atoms with E-state index in [0.717, 1.165) is 18.7 Å². The van der Waals surface area contributed by atoms with Gasteiger partial charge in [0.05, 0.1) is 6.54 Å². The number of nitrogens with one attached hydrogen (secondary N) is 1. The maximum Gasteiger partial charge on any atom is 0.238 e. The fourth-order valence-electron chi connectivity index (χ4n) is 1.62. The summed E-state index contributed by atoms with van der Waals surface area (Å²) in [6.45, 7) is 1.90. The molecule has 0 fully saturated rings. The lowest BCUT2D eigenvalue weighted by atomic mass is 10.3. The van der Waals surface area contributed by atoms with E-state index in [1.807, 2.05) is 24.1 Å². The van der Waals surface area contributed by atoms with Crippen molar-refractivity contribution in [3.05, 3.63) is 24.3 Å². The van der Waals surface area contributed by atoms with Gasteiger partial charge in [-0.1, -0.05) is 6.07 Å². The molecule has 1 aromatic rings. The molecule has 0 aliphatic heterocycles. The molecule has 5 nitrogen and oxygen atoms in total. The van der Waals surface area contributed by atoms with Crippen LogP contribution in [0, 0.1) is 0 Å². The van der Waals surface area contributed by atoms with Crippen molar-refractivity contribution in [3.63, 3.8) is 0 Å². The molecule has 1 amide bonds. The first kappa shape index (κ1) is 14.5. The van der Waals surface area contributed by atoms with E-state index in [1.54, 1.807) is 19.2 Å². The molecule has 0 radical (unpaired) electrons. The van der Waals surface area contributed by atoms with Crippen LogP contribution in [0.1, 0.15) is 6.42 Å². The Labute approximate surface area is 108 Å². The Morgan fingerprint density at radius 1 is 1.50 bits per heavy atom. The zero-order valence-corrected chi connectivity index (χ0v) is 11.0. The predicted molar refractivity (Wildman–Crippen MR) is 73.5 cm³/mol. The Hall–Kier alpha value is -1.59. The van der Waals surface area contributed by atoms with Crippen LogP contribution in [0.5, 0.6) is 0 Å². The van der Waals surface area contributed by atoms with Crippen LogP contribution in [0.15, 0.2) is 24.3 Å². The van der Waals surface area contributed by atoms with Gasteiger partial charge in [0.15, 0.2) is 0 Å². The summed E-state index contributed by atoms with van der Waals surface area (Å²) in [6.07, 6.45) is 0.915. The Morgan fingerprint density at radius 2 is 2.28 bits per heavy atom. The van der Waals surface area contributed by atoms with Gasteiger partial charge in [0.2, 0.25) is 5.91 Å². The quantitative estimate of drug-likeness (QED) is 0.564. The van der Waals surface area contributed by atoms with Gasteiger partial charge in [-0.05, 0) is 31.7 Å². The van der Waals surface area contributed by atoms with Crippen LogP contribution >= 0.6 is 0 Å². The molecule has 0 spiro atoms. The zero-order chi connectivity index (χ0) is 13.4. The number of benzene rings is 1. The number of nitrogen functional groups attached to an aromatic ring is 1. The highest BCUT2D eigenvalue weighted by Gasteiger charge is 2.06. The van der Waals surface area contributed by atoms with E-state index in [4.69, 9.17) is 10.5 Å². The smallest absolute Gasteiger partial charge is 0.238 e. The highest BCUT2D eigenvalue weighted by molar-refractivity contribution is 5.92. The molecular formula is C13H21N3O2. The number of hydrogen-bond donors (Lipinski definition) is 2. The molecule has 0 aliphatic carbocycles. The van der Waals surface area contributed by atoms with Crippen LogP contribution in [0.3, 0.4) is 0 Å². The standard InChI is InChI=1S/C13H21N3O2/c1-16(7-4-8-18-2)10-13(17)15-12-6-3-5-11(14)9-12/h3,5-6,9H,4,7-8,10,14H2,1-2H3,(H,15,17). The summed E-state index contributed by atoms with van der Waals surface area (Å²) < 4.78 is 4.96. The Kier molecular flexibility index (Phi) is 6.18. The largest absolute Gasteiger partial charge is 0.399 e. The minimum atomic E-state index is -0.0412. The topological polar surface area (TPSA) is 67.6 Å². The van der Waals surface area contributed by atoms with E-state index in [2.05, 4.69) is 5.32 Å². The fourth-order valence-corrected chi connectivity index (χ4v) is 1.62.